The van der Waals surface area contributed by atoms with Gasteiger partial charge >= 0.3 is 0 Å². The Morgan fingerprint density at radius 2 is 1.50 bits per heavy atom. The number of nitrogens with zero attached hydrogens (tertiary/aromatic N) is 3. The fraction of sp³-hybridized carbons (Fsp3) is 0.750. The van der Waals surface area contributed by atoms with Crippen molar-refractivity contribution in [1.82, 2.24) is 10.7 Å². The molecule has 0 fully saturated rings. The molecule has 0 aromatic heterocycles. The average Bonchev–Trinajstić information content (AvgIpc) is 2.00. The Hall–Kier alpha value is -0.760. The van der Waals surface area contributed by atoms with Crippen molar-refractivity contribution in [3.63, 3.8) is 0 Å². The third-order valence-electron chi connectivity index (χ3n) is 1.47. The molecule has 0 saturated heterocycles. The van der Waals surface area contributed by atoms with Crippen LogP contribution in [0, 0.1) is 0 Å². The van der Waals surface area contributed by atoms with E-state index in [0.717, 1.165) is 6.92 Å². The third-order valence-corrected chi connectivity index (χ3v) is 1.47. The highest BCUT2D eigenvalue weighted by atomic mass is 19.4. The highest BCUT2D eigenvalue weighted by Gasteiger charge is 2.46. The Kier molecular flexibility index (Phi) is 3.53. The van der Waals surface area contributed by atoms with Crippen LogP contribution in [0.3, 0.4) is 0 Å². The van der Waals surface area contributed by atoms with Crippen LogP contribution in [-0.2, 0) is 0 Å². The molecule has 0 saturated carbocycles. The van der Waals surface area contributed by atoms with E-state index in [1.165, 1.54) is 0 Å². The lowest BCUT2D eigenvalue weighted by atomic mass is 10.1. The van der Waals surface area contributed by atoms with E-state index in [1.807, 2.05) is 0 Å². The van der Waals surface area contributed by atoms with Crippen LogP contribution in [0.2, 0.25) is 0 Å². The lowest BCUT2D eigenvalue weighted by molar-refractivity contribution is -0.338. The van der Waals surface area contributed by atoms with Gasteiger partial charge in [-0.3, -0.25) is 0 Å². The fourth-order valence-electron chi connectivity index (χ4n) is 0.382. The molecular weight excluding hydrogens is 185 g/mol. The van der Waals surface area contributed by atoms with E-state index in [9.17, 15) is 22.4 Å². The summed E-state index contributed by atoms with van der Waals surface area (Å²) in [6.07, 6.45) is 0. The minimum Gasteiger partial charge on any atom is -0.0989 e. The molecule has 0 atom stereocenters. The molecule has 3 nitrogen and oxygen atoms in total. The first-order valence-corrected chi connectivity index (χ1v) is 2.77. The first-order valence-electron chi connectivity index (χ1n) is 2.77. The minimum absolute atomic E-state index is 0.422. The summed E-state index contributed by atoms with van der Waals surface area (Å²) in [6, 6.07) is 0. The number of hydrogen-bond acceptors (Lipinski definition) is 3. The SMILES string of the molecule is CC(=NF)C(C)(N(F)F)N(F)F. The molecule has 0 spiro atoms. The molecule has 0 heterocycles. The Balaban J connectivity index is 4.88. The van der Waals surface area contributed by atoms with Crippen molar-refractivity contribution in [3.05, 3.63) is 0 Å². The summed E-state index contributed by atoms with van der Waals surface area (Å²) in [6.45, 7) is 1.14. The van der Waals surface area contributed by atoms with Crippen molar-refractivity contribution in [2.24, 2.45) is 5.21 Å². The second-order valence-corrected chi connectivity index (χ2v) is 2.16. The molecule has 0 radical (unpaired) electrons. The zero-order valence-corrected chi connectivity index (χ0v) is 6.23. The van der Waals surface area contributed by atoms with Crippen molar-refractivity contribution in [2.75, 3.05) is 0 Å². The van der Waals surface area contributed by atoms with E-state index in [0.29, 0.717) is 6.92 Å². The second-order valence-electron chi connectivity index (χ2n) is 2.16. The van der Waals surface area contributed by atoms with Crippen molar-refractivity contribution < 1.29 is 22.4 Å². The van der Waals surface area contributed by atoms with Gasteiger partial charge in [-0.15, -0.1) is 0 Å². The molecule has 0 bridgehead atoms. The van der Waals surface area contributed by atoms with Gasteiger partial charge in [0.15, 0.2) is 0 Å². The normalized spacial score (nSPS) is 14.6. The van der Waals surface area contributed by atoms with E-state index < -0.39 is 22.1 Å². The Labute approximate surface area is 64.8 Å². The summed E-state index contributed by atoms with van der Waals surface area (Å²) in [4.78, 5) is 0. The molecule has 8 heteroatoms. The lowest BCUT2D eigenvalue weighted by Crippen LogP contribution is -2.51. The first kappa shape index (κ1) is 11.2. The van der Waals surface area contributed by atoms with Gasteiger partial charge in [0.2, 0.25) is 5.66 Å². The quantitative estimate of drug-likeness (QED) is 0.294. The van der Waals surface area contributed by atoms with E-state index >= 15 is 0 Å². The molecule has 0 aromatic rings. The van der Waals surface area contributed by atoms with Gasteiger partial charge in [-0.1, -0.05) is 27.6 Å². The summed E-state index contributed by atoms with van der Waals surface area (Å²) in [5.74, 6) is 0. The highest BCUT2D eigenvalue weighted by Crippen LogP contribution is 2.24. The molecule has 0 aromatic carbocycles. The molecule has 12 heavy (non-hydrogen) atoms. The lowest BCUT2D eigenvalue weighted by Gasteiger charge is -2.26. The van der Waals surface area contributed by atoms with Gasteiger partial charge in [-0.05, 0) is 13.8 Å². The van der Waals surface area contributed by atoms with Crippen LogP contribution in [0.25, 0.3) is 0 Å². The molecule has 0 rings (SSSR count). The van der Waals surface area contributed by atoms with Crippen LogP contribution in [0.15, 0.2) is 5.21 Å². The van der Waals surface area contributed by atoms with Gasteiger partial charge in [0.05, 0.1) is 16.4 Å². The summed E-state index contributed by atoms with van der Waals surface area (Å²) >= 11 is 0. The van der Waals surface area contributed by atoms with Crippen molar-refractivity contribution in [3.8, 4) is 0 Å². The van der Waals surface area contributed by atoms with Crippen LogP contribution in [0.5, 0.6) is 0 Å². The summed E-state index contributed by atoms with van der Waals surface area (Å²) < 4.78 is 58.8. The molecule has 72 valence electrons. The zero-order valence-electron chi connectivity index (χ0n) is 6.23. The molecule has 0 unspecified atom stereocenters. The highest BCUT2D eigenvalue weighted by molar-refractivity contribution is 5.89. The maximum absolute atomic E-state index is 11.8. The monoisotopic (exact) mass is 191 g/mol. The van der Waals surface area contributed by atoms with Gasteiger partial charge < -0.3 is 0 Å². The molecule has 0 amide bonds. The predicted molar refractivity (Wildman–Crippen MR) is 30.7 cm³/mol. The maximum atomic E-state index is 11.8. The molecule has 0 aliphatic rings. The fourth-order valence-corrected chi connectivity index (χ4v) is 0.382. The van der Waals surface area contributed by atoms with E-state index in [-0.39, 0.29) is 0 Å². The van der Waals surface area contributed by atoms with Crippen molar-refractivity contribution in [1.29, 1.82) is 0 Å². The van der Waals surface area contributed by atoms with Gasteiger partial charge in [0, 0.05) is 0 Å². The van der Waals surface area contributed by atoms with E-state index in [4.69, 9.17) is 0 Å². The Morgan fingerprint density at radius 3 is 1.58 bits per heavy atom. The number of halogens is 5. The molecule has 0 aliphatic carbocycles. The summed E-state index contributed by atoms with van der Waals surface area (Å²) in [5, 5.41) is -1.88. The number of rotatable bonds is 3. The van der Waals surface area contributed by atoms with Crippen molar-refractivity contribution in [2.45, 2.75) is 19.5 Å². The van der Waals surface area contributed by atoms with Gasteiger partial charge in [-0.2, -0.15) is 0 Å². The molecule has 0 N–H and O–H groups in total. The predicted octanol–water partition coefficient (Wildman–Crippen LogP) is 2.19. The second kappa shape index (κ2) is 3.76. The average molecular weight is 191 g/mol. The van der Waals surface area contributed by atoms with Crippen LogP contribution in [0.1, 0.15) is 13.8 Å². The smallest absolute Gasteiger partial charge is 0.0989 e. The first-order chi connectivity index (χ1) is 5.37. The third kappa shape index (κ3) is 1.69. The Bertz CT molecular complexity index is 172. The standard InChI is InChI=1S/C4H6F5N3/c1-3(10-5)4(2,11(6)7)12(8)9/h1-2H3. The largest absolute Gasteiger partial charge is 0.233 e. The van der Waals surface area contributed by atoms with Gasteiger partial charge in [-0.25, -0.2) is 0 Å². The maximum Gasteiger partial charge on any atom is 0.233 e. The zero-order chi connectivity index (χ0) is 9.94. The van der Waals surface area contributed by atoms with Crippen LogP contribution >= 0.6 is 0 Å². The topological polar surface area (TPSA) is 18.8 Å². The number of hydrogen-bond donors (Lipinski definition) is 0. The summed E-state index contributed by atoms with van der Waals surface area (Å²) in [5.41, 5.74) is -4.16. The summed E-state index contributed by atoms with van der Waals surface area (Å²) in [7, 11) is 0. The van der Waals surface area contributed by atoms with Crippen molar-refractivity contribution >= 4 is 5.71 Å². The van der Waals surface area contributed by atoms with Crippen LogP contribution < -0.4 is 0 Å². The molecular formula is C4H6F5N3. The van der Waals surface area contributed by atoms with Crippen LogP contribution in [-0.4, -0.2) is 22.1 Å². The molecule has 0 aliphatic heterocycles. The van der Waals surface area contributed by atoms with E-state index in [2.05, 4.69) is 0 Å². The van der Waals surface area contributed by atoms with E-state index in [1.54, 1.807) is 5.21 Å². The van der Waals surface area contributed by atoms with Gasteiger partial charge in [0.25, 0.3) is 0 Å². The van der Waals surface area contributed by atoms with Gasteiger partial charge in [0.1, 0.15) is 0 Å². The van der Waals surface area contributed by atoms with Crippen LogP contribution in [0.4, 0.5) is 22.4 Å². The Morgan fingerprint density at radius 1 is 1.17 bits per heavy atom. The minimum atomic E-state index is -3.12.